The molecule has 0 fully saturated rings. The van der Waals surface area contributed by atoms with Crippen LogP contribution < -0.4 is 10.6 Å². The van der Waals surface area contributed by atoms with Crippen LogP contribution in [-0.2, 0) is 29.9 Å². The van der Waals surface area contributed by atoms with E-state index in [1.165, 1.54) is 12.1 Å². The molecule has 3 aromatic carbocycles. The summed E-state index contributed by atoms with van der Waals surface area (Å²) in [4.78, 5) is 12.8. The van der Waals surface area contributed by atoms with Crippen LogP contribution in [0.5, 0.6) is 0 Å². The van der Waals surface area contributed by atoms with Crippen molar-refractivity contribution in [3.05, 3.63) is 95.6 Å². The summed E-state index contributed by atoms with van der Waals surface area (Å²) < 4.78 is 62.3. The molecule has 10 heteroatoms. The molecule has 0 aliphatic rings. The predicted octanol–water partition coefficient (Wildman–Crippen LogP) is 5.25. The van der Waals surface area contributed by atoms with Crippen molar-refractivity contribution in [2.24, 2.45) is 0 Å². The number of benzene rings is 3. The summed E-state index contributed by atoms with van der Waals surface area (Å²) in [6.45, 7) is 4.38. The number of amides is 1. The summed E-state index contributed by atoms with van der Waals surface area (Å²) in [5.41, 5.74) is 1.47. The first kappa shape index (κ1) is 33.2. The molecule has 0 aromatic heterocycles. The minimum absolute atomic E-state index is 0.107. The van der Waals surface area contributed by atoms with Crippen molar-refractivity contribution < 1.29 is 36.9 Å². The van der Waals surface area contributed by atoms with E-state index in [-0.39, 0.29) is 24.5 Å². The number of nitrogens with one attached hydrogen (secondary N) is 2. The van der Waals surface area contributed by atoms with Gasteiger partial charge in [-0.3, -0.25) is 4.79 Å². The average molecular weight is 589 g/mol. The number of rotatable bonds is 19. The van der Waals surface area contributed by atoms with Gasteiger partial charge in [-0.1, -0.05) is 72.8 Å². The highest BCUT2D eigenvalue weighted by atomic mass is 19.4. The van der Waals surface area contributed by atoms with Gasteiger partial charge in [-0.25, -0.2) is 0 Å². The van der Waals surface area contributed by atoms with E-state index in [0.29, 0.717) is 51.8 Å². The number of ether oxygens (including phenoxy) is 4. The van der Waals surface area contributed by atoms with Gasteiger partial charge < -0.3 is 29.6 Å². The first-order chi connectivity index (χ1) is 20.4. The summed E-state index contributed by atoms with van der Waals surface area (Å²) in [6, 6.07) is 21.2. The van der Waals surface area contributed by atoms with Crippen molar-refractivity contribution in [2.75, 3.05) is 66.4 Å². The monoisotopic (exact) mass is 588 g/mol. The summed E-state index contributed by atoms with van der Waals surface area (Å²) in [5, 5.41) is 6.03. The van der Waals surface area contributed by atoms with Crippen LogP contribution in [0.2, 0.25) is 0 Å². The van der Waals surface area contributed by atoms with Crippen molar-refractivity contribution >= 4 is 5.91 Å². The van der Waals surface area contributed by atoms with Crippen LogP contribution in [0.3, 0.4) is 0 Å². The fraction of sp³-hybridized carbons (Fsp3) is 0.406. The minimum Gasteiger partial charge on any atom is -0.379 e. The van der Waals surface area contributed by atoms with Crippen LogP contribution >= 0.6 is 0 Å². The summed E-state index contributed by atoms with van der Waals surface area (Å²) in [7, 11) is 1.87. The van der Waals surface area contributed by atoms with Gasteiger partial charge in [-0.05, 0) is 35.4 Å². The number of halogens is 3. The van der Waals surface area contributed by atoms with E-state index < -0.39 is 17.8 Å². The zero-order chi connectivity index (χ0) is 30.0. The molecule has 1 atom stereocenters. The lowest BCUT2D eigenvalue weighted by molar-refractivity contribution is -0.137. The molecule has 228 valence electrons. The van der Waals surface area contributed by atoms with Crippen LogP contribution in [0, 0.1) is 0 Å². The molecule has 0 aliphatic heterocycles. The van der Waals surface area contributed by atoms with Crippen LogP contribution in [-0.4, -0.2) is 72.4 Å². The van der Waals surface area contributed by atoms with Gasteiger partial charge in [-0.15, -0.1) is 0 Å². The van der Waals surface area contributed by atoms with Crippen LogP contribution in [0.25, 0.3) is 11.1 Å². The second kappa shape index (κ2) is 18.3. The molecule has 0 spiro atoms. The molecule has 7 nitrogen and oxygen atoms in total. The molecule has 0 saturated carbocycles. The maximum atomic E-state index is 13.5. The summed E-state index contributed by atoms with van der Waals surface area (Å²) in [5.74, 6) is -0.207. The summed E-state index contributed by atoms with van der Waals surface area (Å²) >= 11 is 0. The number of hydrogen-bond acceptors (Lipinski definition) is 6. The van der Waals surface area contributed by atoms with Crippen molar-refractivity contribution in [3.63, 3.8) is 0 Å². The Morgan fingerprint density at radius 3 is 1.81 bits per heavy atom. The number of carbonyl (C=O) groups is 1. The van der Waals surface area contributed by atoms with Crippen molar-refractivity contribution in [3.8, 4) is 11.1 Å². The first-order valence-electron chi connectivity index (χ1n) is 14.0. The molecule has 3 aromatic rings. The van der Waals surface area contributed by atoms with E-state index in [1.54, 1.807) is 30.3 Å². The summed E-state index contributed by atoms with van der Waals surface area (Å²) in [6.07, 6.45) is -4.31. The zero-order valence-corrected chi connectivity index (χ0v) is 23.8. The van der Waals surface area contributed by atoms with E-state index in [4.69, 9.17) is 18.9 Å². The third-order valence-corrected chi connectivity index (χ3v) is 6.31. The molecule has 0 bridgehead atoms. The molecule has 0 saturated heterocycles. The molecule has 1 amide bonds. The van der Waals surface area contributed by atoms with Crippen LogP contribution in [0.4, 0.5) is 13.2 Å². The number of carbonyl (C=O) groups excluding carboxylic acids is 1. The molecular weight excluding hydrogens is 549 g/mol. The molecule has 0 radical (unpaired) electrons. The maximum Gasteiger partial charge on any atom is 0.417 e. The van der Waals surface area contributed by atoms with Gasteiger partial charge >= 0.3 is 6.18 Å². The Balaban J connectivity index is 1.45. The normalized spacial score (nSPS) is 12.3. The van der Waals surface area contributed by atoms with Gasteiger partial charge in [0.2, 0.25) is 5.91 Å². The van der Waals surface area contributed by atoms with Gasteiger partial charge in [0.15, 0.2) is 0 Å². The highest BCUT2D eigenvalue weighted by Gasteiger charge is 2.33. The maximum absolute atomic E-state index is 13.5. The number of hydrogen-bond donors (Lipinski definition) is 2. The molecule has 42 heavy (non-hydrogen) atoms. The largest absolute Gasteiger partial charge is 0.417 e. The third kappa shape index (κ3) is 11.5. The van der Waals surface area contributed by atoms with E-state index in [9.17, 15) is 18.0 Å². The molecule has 1 unspecified atom stereocenters. The van der Waals surface area contributed by atoms with Crippen molar-refractivity contribution in [1.29, 1.82) is 0 Å². The van der Waals surface area contributed by atoms with Gasteiger partial charge in [0, 0.05) is 13.0 Å². The SMILES string of the molecule is CNCCOCCOCCOCCOCCC(=O)NC(c1ccccc1)c1ccc(-c2ccccc2C(F)(F)F)cc1. The number of alkyl halides is 3. The Morgan fingerprint density at radius 1 is 0.690 bits per heavy atom. The van der Waals surface area contributed by atoms with Crippen LogP contribution in [0.15, 0.2) is 78.9 Å². The lowest BCUT2D eigenvalue weighted by Crippen LogP contribution is -2.30. The zero-order valence-electron chi connectivity index (χ0n) is 23.8. The third-order valence-electron chi connectivity index (χ3n) is 6.31. The predicted molar refractivity (Wildman–Crippen MR) is 155 cm³/mol. The van der Waals surface area contributed by atoms with Gasteiger partial charge in [0.25, 0.3) is 0 Å². The van der Waals surface area contributed by atoms with Gasteiger partial charge in [-0.2, -0.15) is 13.2 Å². The van der Waals surface area contributed by atoms with Gasteiger partial charge in [0.05, 0.1) is 64.5 Å². The van der Waals surface area contributed by atoms with E-state index in [0.717, 1.165) is 23.7 Å². The molecule has 0 heterocycles. The minimum atomic E-state index is -4.46. The highest BCUT2D eigenvalue weighted by Crippen LogP contribution is 2.37. The number of likely N-dealkylation sites (N-methyl/N-ethyl adjacent to an activating group) is 1. The standard InChI is InChI=1S/C32H39F3N2O5/c1-36-16-18-40-20-22-42-24-23-41-21-19-39-17-15-30(38)37-31(26-7-3-2-4-8-26)27-13-11-25(12-14-27)28-9-5-6-10-29(28)32(33,34)35/h2-14,31,36H,15-24H2,1H3,(H,37,38). The highest BCUT2D eigenvalue weighted by molar-refractivity contribution is 5.77. The smallest absolute Gasteiger partial charge is 0.379 e. The molecule has 0 aliphatic carbocycles. The van der Waals surface area contributed by atoms with Gasteiger partial charge in [0.1, 0.15) is 0 Å². The quantitative estimate of drug-likeness (QED) is 0.186. The Bertz CT molecular complexity index is 1180. The molecule has 2 N–H and O–H groups in total. The van der Waals surface area contributed by atoms with E-state index >= 15 is 0 Å². The Hall–Kier alpha value is -3.28. The van der Waals surface area contributed by atoms with Crippen LogP contribution in [0.1, 0.15) is 29.2 Å². The fourth-order valence-corrected chi connectivity index (χ4v) is 4.18. The van der Waals surface area contributed by atoms with Crippen molar-refractivity contribution in [1.82, 2.24) is 10.6 Å². The second-order valence-electron chi connectivity index (χ2n) is 9.38. The van der Waals surface area contributed by atoms with E-state index in [2.05, 4.69) is 10.6 Å². The first-order valence-corrected chi connectivity index (χ1v) is 14.0. The molecular formula is C32H39F3N2O5. The van der Waals surface area contributed by atoms with Crippen molar-refractivity contribution in [2.45, 2.75) is 18.6 Å². The lowest BCUT2D eigenvalue weighted by atomic mass is 9.94. The average Bonchev–Trinajstić information content (AvgIpc) is 3.00. The lowest BCUT2D eigenvalue weighted by Gasteiger charge is -2.21. The Labute approximate surface area is 245 Å². The fourth-order valence-electron chi connectivity index (χ4n) is 4.18. The van der Waals surface area contributed by atoms with E-state index in [1.807, 2.05) is 37.4 Å². The Kier molecular flexibility index (Phi) is 14.5. The second-order valence-corrected chi connectivity index (χ2v) is 9.38. The Morgan fingerprint density at radius 2 is 1.21 bits per heavy atom. The molecule has 3 rings (SSSR count). The topological polar surface area (TPSA) is 78.1 Å².